The van der Waals surface area contributed by atoms with Crippen LogP contribution in [0.15, 0.2) is 20.4 Å². The van der Waals surface area contributed by atoms with Crippen LogP contribution >= 0.6 is 27.3 Å². The van der Waals surface area contributed by atoms with E-state index in [1.807, 2.05) is 11.4 Å². The third kappa shape index (κ3) is 3.14. The molecule has 6 heteroatoms. The van der Waals surface area contributed by atoms with E-state index in [1.165, 1.54) is 0 Å². The number of nitrogens with zero attached hydrogens (tertiary/aromatic N) is 2. The largest absolute Gasteiger partial charge is 0.337 e. The molecule has 2 N–H and O–H groups in total. The Labute approximate surface area is 112 Å². The summed E-state index contributed by atoms with van der Waals surface area (Å²) in [5.41, 5.74) is 5.98. The zero-order valence-corrected chi connectivity index (χ0v) is 11.9. The average molecular weight is 316 g/mol. The van der Waals surface area contributed by atoms with E-state index in [0.717, 1.165) is 28.6 Å². The Morgan fingerprint density at radius 1 is 1.59 bits per heavy atom. The minimum Gasteiger partial charge on any atom is -0.337 e. The first-order valence-corrected chi connectivity index (χ1v) is 7.21. The van der Waals surface area contributed by atoms with Crippen LogP contribution in [-0.4, -0.2) is 10.1 Å². The molecule has 2 rings (SSSR count). The summed E-state index contributed by atoms with van der Waals surface area (Å²) in [6, 6.07) is 1.82. The fourth-order valence-electron chi connectivity index (χ4n) is 1.46. The monoisotopic (exact) mass is 315 g/mol. The van der Waals surface area contributed by atoms with Gasteiger partial charge in [-0.05, 0) is 28.4 Å². The molecule has 2 aromatic heterocycles. The molecule has 0 aliphatic heterocycles. The van der Waals surface area contributed by atoms with E-state index in [-0.39, 0.29) is 6.04 Å². The van der Waals surface area contributed by atoms with Crippen molar-refractivity contribution in [3.8, 4) is 10.7 Å². The Hall–Kier alpha value is -0.720. The van der Waals surface area contributed by atoms with Gasteiger partial charge < -0.3 is 10.3 Å². The van der Waals surface area contributed by atoms with Crippen molar-refractivity contribution in [2.24, 2.45) is 5.73 Å². The fourth-order valence-corrected chi connectivity index (χ4v) is 2.82. The van der Waals surface area contributed by atoms with Crippen LogP contribution in [0.5, 0.6) is 0 Å². The molecule has 1 atom stereocenters. The fraction of sp³-hybridized carbons (Fsp3) is 0.455. The second-order valence-corrected chi connectivity index (χ2v) is 5.66. The van der Waals surface area contributed by atoms with Crippen LogP contribution < -0.4 is 5.73 Å². The highest BCUT2D eigenvalue weighted by Gasteiger charge is 2.16. The molecule has 0 bridgehead atoms. The first-order chi connectivity index (χ1) is 8.20. The standard InChI is InChI=1S/C11H14BrN3OS/c1-2-3-4-8(13)11-14-10(15-16-11)9-5-7(12)6-17-9/h5-6,8H,2-4,13H2,1H3/t8-/m0/s1. The number of nitrogens with two attached hydrogens (primary N) is 1. The van der Waals surface area contributed by atoms with Crippen molar-refractivity contribution in [1.29, 1.82) is 0 Å². The molecule has 0 spiro atoms. The maximum Gasteiger partial charge on any atom is 0.243 e. The van der Waals surface area contributed by atoms with Gasteiger partial charge in [0.15, 0.2) is 0 Å². The van der Waals surface area contributed by atoms with E-state index < -0.39 is 0 Å². The van der Waals surface area contributed by atoms with Gasteiger partial charge in [-0.15, -0.1) is 11.3 Å². The first kappa shape index (κ1) is 12.7. The highest BCUT2D eigenvalue weighted by Crippen LogP contribution is 2.28. The SMILES string of the molecule is CCCC[C@H](N)c1nc(-c2cc(Br)cs2)no1. The quantitative estimate of drug-likeness (QED) is 0.912. The van der Waals surface area contributed by atoms with Crippen molar-refractivity contribution in [1.82, 2.24) is 10.1 Å². The summed E-state index contributed by atoms with van der Waals surface area (Å²) in [6.45, 7) is 2.13. The number of rotatable bonds is 5. The first-order valence-electron chi connectivity index (χ1n) is 5.54. The summed E-state index contributed by atoms with van der Waals surface area (Å²) < 4.78 is 6.22. The number of halogens is 1. The van der Waals surface area contributed by atoms with Gasteiger partial charge in [0.1, 0.15) is 0 Å². The Morgan fingerprint density at radius 2 is 2.41 bits per heavy atom. The van der Waals surface area contributed by atoms with Gasteiger partial charge in [-0.2, -0.15) is 4.98 Å². The van der Waals surface area contributed by atoms with Crippen LogP contribution in [0.3, 0.4) is 0 Å². The molecular weight excluding hydrogens is 302 g/mol. The third-order valence-electron chi connectivity index (χ3n) is 2.42. The molecule has 0 fully saturated rings. The molecule has 0 aromatic carbocycles. The number of hydrogen-bond acceptors (Lipinski definition) is 5. The summed E-state index contributed by atoms with van der Waals surface area (Å²) in [6.07, 6.45) is 3.07. The van der Waals surface area contributed by atoms with E-state index >= 15 is 0 Å². The van der Waals surface area contributed by atoms with Crippen LogP contribution in [0.25, 0.3) is 10.7 Å². The summed E-state index contributed by atoms with van der Waals surface area (Å²) in [5.74, 6) is 1.14. The lowest BCUT2D eigenvalue weighted by Crippen LogP contribution is -2.10. The molecule has 0 saturated heterocycles. The molecule has 4 nitrogen and oxygen atoms in total. The molecule has 0 radical (unpaired) electrons. The number of unbranched alkanes of at least 4 members (excludes halogenated alkanes) is 1. The van der Waals surface area contributed by atoms with Gasteiger partial charge in [0.05, 0.1) is 10.9 Å². The van der Waals surface area contributed by atoms with Crippen molar-refractivity contribution in [3.05, 3.63) is 21.8 Å². The molecule has 92 valence electrons. The van der Waals surface area contributed by atoms with Crippen LogP contribution in [0.4, 0.5) is 0 Å². The molecule has 0 amide bonds. The van der Waals surface area contributed by atoms with Crippen LogP contribution in [0, 0.1) is 0 Å². The van der Waals surface area contributed by atoms with Crippen LogP contribution in [-0.2, 0) is 0 Å². The lowest BCUT2D eigenvalue weighted by atomic mass is 10.1. The third-order valence-corrected chi connectivity index (χ3v) is 4.10. The summed E-state index contributed by atoms with van der Waals surface area (Å²) >= 11 is 4.97. The molecule has 0 saturated carbocycles. The summed E-state index contributed by atoms with van der Waals surface area (Å²) in [7, 11) is 0. The normalized spacial score (nSPS) is 12.9. The Morgan fingerprint density at radius 3 is 3.06 bits per heavy atom. The van der Waals surface area contributed by atoms with Crippen molar-refractivity contribution < 1.29 is 4.52 Å². The number of hydrogen-bond donors (Lipinski definition) is 1. The predicted octanol–water partition coefficient (Wildman–Crippen LogP) is 3.75. The number of thiophene rings is 1. The second-order valence-electron chi connectivity index (χ2n) is 3.83. The Balaban J connectivity index is 2.10. The van der Waals surface area contributed by atoms with E-state index in [9.17, 15) is 0 Å². The van der Waals surface area contributed by atoms with Crippen molar-refractivity contribution in [2.75, 3.05) is 0 Å². The van der Waals surface area contributed by atoms with E-state index in [2.05, 4.69) is 33.0 Å². The van der Waals surface area contributed by atoms with Gasteiger partial charge in [0, 0.05) is 9.85 Å². The maximum absolute atomic E-state index is 5.98. The predicted molar refractivity (Wildman–Crippen MR) is 71.8 cm³/mol. The van der Waals surface area contributed by atoms with Crippen molar-refractivity contribution in [3.63, 3.8) is 0 Å². The molecule has 0 unspecified atom stereocenters. The minimum atomic E-state index is -0.153. The average Bonchev–Trinajstić information content (AvgIpc) is 2.93. The van der Waals surface area contributed by atoms with Gasteiger partial charge >= 0.3 is 0 Å². The van der Waals surface area contributed by atoms with Gasteiger partial charge in [-0.3, -0.25) is 0 Å². The Bertz CT molecular complexity index is 483. The molecule has 2 heterocycles. The molecule has 0 aliphatic rings. The van der Waals surface area contributed by atoms with E-state index in [1.54, 1.807) is 11.3 Å². The van der Waals surface area contributed by atoms with Gasteiger partial charge in [0.25, 0.3) is 0 Å². The van der Waals surface area contributed by atoms with E-state index in [0.29, 0.717) is 11.7 Å². The second kappa shape index (κ2) is 5.75. The summed E-state index contributed by atoms with van der Waals surface area (Å²) in [5, 5.41) is 5.94. The molecular formula is C11H14BrN3OS. The Kier molecular flexibility index (Phi) is 4.31. The van der Waals surface area contributed by atoms with Gasteiger partial charge in [0.2, 0.25) is 11.7 Å². The van der Waals surface area contributed by atoms with Crippen molar-refractivity contribution >= 4 is 27.3 Å². The zero-order valence-electron chi connectivity index (χ0n) is 9.52. The molecule has 0 aliphatic carbocycles. The molecule has 17 heavy (non-hydrogen) atoms. The van der Waals surface area contributed by atoms with Gasteiger partial charge in [-0.1, -0.05) is 24.9 Å². The highest BCUT2D eigenvalue weighted by molar-refractivity contribution is 9.10. The van der Waals surface area contributed by atoms with Gasteiger partial charge in [-0.25, -0.2) is 0 Å². The molecule has 2 aromatic rings. The summed E-state index contributed by atoms with van der Waals surface area (Å²) in [4.78, 5) is 5.31. The zero-order chi connectivity index (χ0) is 12.3. The van der Waals surface area contributed by atoms with E-state index in [4.69, 9.17) is 10.3 Å². The van der Waals surface area contributed by atoms with Crippen LogP contribution in [0.2, 0.25) is 0 Å². The lowest BCUT2D eigenvalue weighted by Gasteiger charge is -2.03. The topological polar surface area (TPSA) is 64.9 Å². The van der Waals surface area contributed by atoms with Crippen molar-refractivity contribution in [2.45, 2.75) is 32.2 Å². The highest BCUT2D eigenvalue weighted by atomic mass is 79.9. The van der Waals surface area contributed by atoms with Crippen LogP contribution in [0.1, 0.15) is 38.1 Å². The number of aromatic nitrogens is 2. The lowest BCUT2D eigenvalue weighted by molar-refractivity contribution is 0.346. The smallest absolute Gasteiger partial charge is 0.243 e. The minimum absolute atomic E-state index is 0.153. The maximum atomic E-state index is 5.98.